The Morgan fingerprint density at radius 1 is 0.534 bits per heavy atom. The fourth-order valence-corrected chi connectivity index (χ4v) is 9.85. The molecule has 5 nitrogen and oxygen atoms in total. The van der Waals surface area contributed by atoms with Crippen LogP contribution in [0.25, 0.3) is 111 Å². The summed E-state index contributed by atoms with van der Waals surface area (Å²) in [6.07, 6.45) is -4.50. The predicted molar refractivity (Wildman–Crippen MR) is 285 cm³/mol. The molecule has 0 radical (unpaired) electrons. The molecular formula is C64H41F4N5. The number of hydrogen-bond donors (Lipinski definition) is 0. The van der Waals surface area contributed by atoms with Gasteiger partial charge in [-0.2, -0.15) is 18.4 Å². The molecule has 0 atom stereocenters. The first-order valence-corrected chi connectivity index (χ1v) is 23.6. The molecule has 0 fully saturated rings. The van der Waals surface area contributed by atoms with E-state index in [0.717, 1.165) is 101 Å². The summed E-state index contributed by atoms with van der Waals surface area (Å²) in [5.41, 5.74) is 14.7. The molecule has 0 aliphatic carbocycles. The van der Waals surface area contributed by atoms with Gasteiger partial charge in [0.05, 0.1) is 51.9 Å². The number of halogens is 4. The van der Waals surface area contributed by atoms with Crippen molar-refractivity contribution in [3.63, 3.8) is 0 Å². The highest BCUT2D eigenvalue weighted by molar-refractivity contribution is 6.13. The van der Waals surface area contributed by atoms with Crippen LogP contribution < -0.4 is 0 Å². The molecule has 350 valence electrons. The highest BCUT2D eigenvalue weighted by Crippen LogP contribution is 2.46. The highest BCUT2D eigenvalue weighted by Gasteiger charge is 2.31. The quantitative estimate of drug-likeness (QED) is 0.107. The molecule has 0 unspecified atom stereocenters. The van der Waals surface area contributed by atoms with Gasteiger partial charge < -0.3 is 4.57 Å². The van der Waals surface area contributed by atoms with Gasteiger partial charge in [-0.3, -0.25) is 0 Å². The zero-order valence-electron chi connectivity index (χ0n) is 39.5. The van der Waals surface area contributed by atoms with Crippen LogP contribution in [0.3, 0.4) is 0 Å². The summed E-state index contributed by atoms with van der Waals surface area (Å²) in [5, 5.41) is 11.6. The van der Waals surface area contributed by atoms with Crippen LogP contribution in [0.4, 0.5) is 23.2 Å². The van der Waals surface area contributed by atoms with Crippen molar-refractivity contribution in [1.29, 1.82) is 5.26 Å². The van der Waals surface area contributed by atoms with E-state index in [-0.39, 0.29) is 0 Å². The van der Waals surface area contributed by atoms with E-state index in [1.165, 1.54) is 12.1 Å². The SMILES string of the molecule is [C-]#[N+]c1ccc(-c2cc(-c3nc(-c4ccccc4)cc(-c4ccccc4)n3)cc(-c3ccc(C#N)cc3)c2-n2c3ccc(-c4ccc(C(F)(F)F)cc4C)cc3c3cc(-c4ccc(C)cc4CF)ccc32)cc1. The number of nitriles is 1. The van der Waals surface area contributed by atoms with Gasteiger partial charge in [0.2, 0.25) is 0 Å². The number of aromatic nitrogens is 3. The topological polar surface area (TPSA) is 58.9 Å². The number of hydrogen-bond acceptors (Lipinski definition) is 3. The zero-order chi connectivity index (χ0) is 50.4. The van der Waals surface area contributed by atoms with Crippen molar-refractivity contribution in [3.05, 3.63) is 239 Å². The molecule has 2 heterocycles. The Morgan fingerprint density at radius 2 is 1.07 bits per heavy atom. The lowest BCUT2D eigenvalue weighted by molar-refractivity contribution is -0.137. The molecule has 0 bridgehead atoms. The van der Waals surface area contributed by atoms with Gasteiger partial charge in [-0.05, 0) is 125 Å². The number of aryl methyl sites for hydroxylation is 2. The molecule has 9 heteroatoms. The van der Waals surface area contributed by atoms with E-state index in [2.05, 4.69) is 33.7 Å². The summed E-state index contributed by atoms with van der Waals surface area (Å²) < 4.78 is 58.8. The zero-order valence-corrected chi connectivity index (χ0v) is 39.5. The van der Waals surface area contributed by atoms with Crippen molar-refractivity contribution in [2.75, 3.05) is 0 Å². The van der Waals surface area contributed by atoms with E-state index in [0.29, 0.717) is 39.3 Å². The standard InChI is InChI=1S/C64H41F4N5/c1-39-14-26-53(49(30-39)37-65)47-22-29-61-57(33-47)56-32-46(52-27-23-50(31-40(52)2)64(66,67)68)21-28-60(56)73(61)62-54(42-17-15-41(38-69)16-18-42)34-48(35-55(62)43-19-24-51(70-3)25-20-43)63-71-58(44-10-6-4-7-11-44)36-59(72-63)45-12-8-5-9-13-45/h4-36H,37H2,1-2H3. The fraction of sp³-hybridized carbons (Fsp3) is 0.0625. The van der Waals surface area contributed by atoms with Crippen molar-refractivity contribution in [2.24, 2.45) is 0 Å². The van der Waals surface area contributed by atoms with E-state index >= 15 is 0 Å². The average Bonchev–Trinajstić information content (AvgIpc) is 3.75. The molecule has 0 saturated heterocycles. The van der Waals surface area contributed by atoms with Crippen molar-refractivity contribution in [1.82, 2.24) is 14.5 Å². The van der Waals surface area contributed by atoms with Gasteiger partial charge in [0.25, 0.3) is 0 Å². The van der Waals surface area contributed by atoms with Crippen molar-refractivity contribution in [3.8, 4) is 90.2 Å². The number of alkyl halides is 4. The Bertz CT molecular complexity index is 3880. The van der Waals surface area contributed by atoms with Crippen LogP contribution in [0, 0.1) is 31.8 Å². The summed E-state index contributed by atoms with van der Waals surface area (Å²) in [5.74, 6) is 0.478. The average molecular weight is 956 g/mol. The molecule has 73 heavy (non-hydrogen) atoms. The summed E-state index contributed by atoms with van der Waals surface area (Å²) in [6.45, 7) is 10.8. The van der Waals surface area contributed by atoms with Crippen molar-refractivity contribution in [2.45, 2.75) is 26.7 Å². The highest BCUT2D eigenvalue weighted by atomic mass is 19.4. The van der Waals surface area contributed by atoms with E-state index in [9.17, 15) is 22.8 Å². The van der Waals surface area contributed by atoms with E-state index in [4.69, 9.17) is 16.5 Å². The number of fused-ring (bicyclic) bond motifs is 3. The van der Waals surface area contributed by atoms with Gasteiger partial charge in [-0.15, -0.1) is 0 Å². The molecule has 0 amide bonds. The normalized spacial score (nSPS) is 11.5. The van der Waals surface area contributed by atoms with Gasteiger partial charge in [0.15, 0.2) is 11.5 Å². The van der Waals surface area contributed by atoms with Crippen molar-refractivity contribution >= 4 is 27.5 Å². The lowest BCUT2D eigenvalue weighted by atomic mass is 9.91. The first kappa shape index (κ1) is 46.0. The van der Waals surface area contributed by atoms with E-state index in [1.807, 2.05) is 146 Å². The fourth-order valence-electron chi connectivity index (χ4n) is 9.85. The van der Waals surface area contributed by atoms with Crippen LogP contribution in [-0.4, -0.2) is 14.5 Å². The smallest absolute Gasteiger partial charge is 0.308 e. The number of benzene rings is 9. The second-order valence-corrected chi connectivity index (χ2v) is 18.1. The Kier molecular flexibility index (Phi) is 11.8. The van der Waals surface area contributed by atoms with Crippen molar-refractivity contribution < 1.29 is 17.6 Å². The van der Waals surface area contributed by atoms with Gasteiger partial charge >= 0.3 is 6.18 Å². The van der Waals surface area contributed by atoms with Crippen LogP contribution in [0.2, 0.25) is 0 Å². The lowest BCUT2D eigenvalue weighted by Gasteiger charge is -2.21. The molecule has 11 aromatic rings. The summed E-state index contributed by atoms with van der Waals surface area (Å²) in [6, 6.07) is 64.8. The monoisotopic (exact) mass is 955 g/mol. The van der Waals surface area contributed by atoms with Crippen LogP contribution in [-0.2, 0) is 12.9 Å². The van der Waals surface area contributed by atoms with Crippen LogP contribution in [0.15, 0.2) is 200 Å². The van der Waals surface area contributed by atoms with Gasteiger partial charge in [-0.25, -0.2) is 19.2 Å². The van der Waals surface area contributed by atoms with Gasteiger partial charge in [0.1, 0.15) is 6.67 Å². The molecular weight excluding hydrogens is 915 g/mol. The third-order valence-electron chi connectivity index (χ3n) is 13.4. The Balaban J connectivity index is 1.25. The minimum atomic E-state index is -4.50. The molecule has 9 aromatic carbocycles. The molecule has 2 aromatic heterocycles. The molecule has 0 N–H and O–H groups in total. The lowest BCUT2D eigenvalue weighted by Crippen LogP contribution is -2.05. The third-order valence-corrected chi connectivity index (χ3v) is 13.4. The molecule has 0 saturated carbocycles. The summed E-state index contributed by atoms with van der Waals surface area (Å²) in [7, 11) is 0. The maximum Gasteiger partial charge on any atom is 0.416 e. The minimum Gasteiger partial charge on any atom is -0.308 e. The first-order chi connectivity index (χ1) is 35.5. The molecule has 0 aliphatic rings. The Morgan fingerprint density at radius 3 is 1.59 bits per heavy atom. The number of rotatable bonds is 9. The predicted octanol–water partition coefficient (Wildman–Crippen LogP) is 17.8. The summed E-state index contributed by atoms with van der Waals surface area (Å²) >= 11 is 0. The molecule has 0 aliphatic heterocycles. The maximum absolute atomic E-state index is 14.8. The minimum absolute atomic E-state index is 0.472. The van der Waals surface area contributed by atoms with E-state index < -0.39 is 18.4 Å². The Hall–Kier alpha value is -9.44. The molecule has 0 spiro atoms. The van der Waals surface area contributed by atoms with Crippen LogP contribution in [0.5, 0.6) is 0 Å². The second-order valence-electron chi connectivity index (χ2n) is 18.1. The first-order valence-electron chi connectivity index (χ1n) is 23.6. The molecule has 11 rings (SSSR count). The summed E-state index contributed by atoms with van der Waals surface area (Å²) in [4.78, 5) is 14.2. The van der Waals surface area contributed by atoms with E-state index in [1.54, 1.807) is 31.2 Å². The maximum atomic E-state index is 14.8. The third kappa shape index (κ3) is 8.68. The van der Waals surface area contributed by atoms with Gasteiger partial charge in [-0.1, -0.05) is 139 Å². The van der Waals surface area contributed by atoms with Gasteiger partial charge in [0, 0.05) is 38.6 Å². The van der Waals surface area contributed by atoms with Crippen LogP contribution >= 0.6 is 0 Å². The largest absolute Gasteiger partial charge is 0.416 e. The number of nitrogens with zero attached hydrogens (tertiary/aromatic N) is 5. The Labute approximate surface area is 419 Å². The second kappa shape index (κ2) is 18.7. The van der Waals surface area contributed by atoms with Crippen LogP contribution in [0.1, 0.15) is 27.8 Å².